The van der Waals surface area contributed by atoms with Gasteiger partial charge in [0.15, 0.2) is 11.6 Å². The second kappa shape index (κ2) is 6.80. The number of nitrogens with one attached hydrogen (secondary N) is 2. The van der Waals surface area contributed by atoms with Gasteiger partial charge in [-0.05, 0) is 43.6 Å². The summed E-state index contributed by atoms with van der Waals surface area (Å²) in [6, 6.07) is 2.38. The molecule has 8 heteroatoms. The second-order valence-electron chi connectivity index (χ2n) is 4.77. The zero-order chi connectivity index (χ0) is 14.0. The van der Waals surface area contributed by atoms with E-state index in [1.165, 1.54) is 0 Å². The molecule has 2 N–H and O–H groups in total. The fourth-order valence-electron chi connectivity index (χ4n) is 2.10. The molecule has 114 valence electrons. The van der Waals surface area contributed by atoms with Gasteiger partial charge < -0.3 is 5.32 Å². The zero-order valence-corrected chi connectivity index (χ0v) is 12.5. The number of halogens is 3. The lowest BCUT2D eigenvalue weighted by Gasteiger charge is -2.29. The first-order valence-electron chi connectivity index (χ1n) is 6.08. The Morgan fingerprint density at radius 1 is 1.30 bits per heavy atom. The molecule has 0 saturated carbocycles. The van der Waals surface area contributed by atoms with Crippen LogP contribution in [-0.2, 0) is 10.0 Å². The van der Waals surface area contributed by atoms with Gasteiger partial charge in [0.25, 0.3) is 0 Å². The Morgan fingerprint density at radius 2 is 2.00 bits per heavy atom. The lowest BCUT2D eigenvalue weighted by molar-refractivity contribution is 0.328. The van der Waals surface area contributed by atoms with Gasteiger partial charge in [-0.3, -0.25) is 0 Å². The van der Waals surface area contributed by atoms with Crippen LogP contribution in [0, 0.1) is 17.6 Å². The number of sulfonamides is 1. The molecule has 1 aromatic carbocycles. The smallest absolute Gasteiger partial charge is 0.240 e. The average Bonchev–Trinajstić information content (AvgIpc) is 2.35. The first kappa shape index (κ1) is 17.3. The molecule has 2 unspecified atom stereocenters. The van der Waals surface area contributed by atoms with Crippen molar-refractivity contribution in [3.8, 4) is 0 Å². The van der Waals surface area contributed by atoms with E-state index in [-0.39, 0.29) is 29.3 Å². The molecular formula is C12H17ClF2N2O2S. The van der Waals surface area contributed by atoms with Gasteiger partial charge >= 0.3 is 0 Å². The van der Waals surface area contributed by atoms with E-state index in [0.29, 0.717) is 12.5 Å². The molecule has 0 spiro atoms. The summed E-state index contributed by atoms with van der Waals surface area (Å²) in [5.41, 5.74) is 0. The molecule has 0 radical (unpaired) electrons. The predicted octanol–water partition coefficient (Wildman–Crippen LogP) is 1.66. The third-order valence-corrected chi connectivity index (χ3v) is 4.78. The van der Waals surface area contributed by atoms with E-state index >= 15 is 0 Å². The van der Waals surface area contributed by atoms with Gasteiger partial charge in [0.05, 0.1) is 4.90 Å². The maximum atomic E-state index is 13.1. The highest BCUT2D eigenvalue weighted by Gasteiger charge is 2.27. The van der Waals surface area contributed by atoms with Crippen molar-refractivity contribution in [3.63, 3.8) is 0 Å². The third-order valence-electron chi connectivity index (χ3n) is 3.29. The molecule has 2 atom stereocenters. The van der Waals surface area contributed by atoms with Crippen LogP contribution in [0.15, 0.2) is 23.1 Å². The van der Waals surface area contributed by atoms with Crippen molar-refractivity contribution in [2.45, 2.75) is 24.3 Å². The van der Waals surface area contributed by atoms with Gasteiger partial charge in [-0.1, -0.05) is 6.92 Å². The molecule has 0 amide bonds. The molecule has 2 rings (SSSR count). The summed E-state index contributed by atoms with van der Waals surface area (Å²) in [6.45, 7) is 3.39. The summed E-state index contributed by atoms with van der Waals surface area (Å²) < 4.78 is 52.6. The van der Waals surface area contributed by atoms with Crippen LogP contribution in [0.1, 0.15) is 13.3 Å². The summed E-state index contributed by atoms with van der Waals surface area (Å²) in [5.74, 6) is -2.08. The highest BCUT2D eigenvalue weighted by atomic mass is 35.5. The molecule has 1 aliphatic heterocycles. The number of piperidine rings is 1. The summed E-state index contributed by atoms with van der Waals surface area (Å²) in [6.07, 6.45) is 0.671. The Bertz CT molecular complexity index is 569. The Kier molecular flexibility index (Phi) is 5.88. The molecule has 0 aliphatic carbocycles. The van der Waals surface area contributed by atoms with E-state index in [4.69, 9.17) is 0 Å². The fourth-order valence-corrected chi connectivity index (χ4v) is 3.49. The van der Waals surface area contributed by atoms with Crippen molar-refractivity contribution in [1.82, 2.24) is 10.0 Å². The number of rotatable bonds is 3. The topological polar surface area (TPSA) is 58.2 Å². The van der Waals surface area contributed by atoms with Crippen molar-refractivity contribution in [3.05, 3.63) is 29.8 Å². The normalized spacial score (nSPS) is 23.1. The van der Waals surface area contributed by atoms with Crippen molar-refractivity contribution >= 4 is 22.4 Å². The van der Waals surface area contributed by atoms with E-state index in [1.54, 1.807) is 0 Å². The van der Waals surface area contributed by atoms with Crippen LogP contribution in [0.2, 0.25) is 0 Å². The molecule has 1 heterocycles. The summed E-state index contributed by atoms with van der Waals surface area (Å²) >= 11 is 0. The minimum Gasteiger partial charge on any atom is -0.316 e. The summed E-state index contributed by atoms with van der Waals surface area (Å²) in [7, 11) is -3.82. The minimum atomic E-state index is -3.82. The third kappa shape index (κ3) is 3.88. The Hall–Kier alpha value is -0.760. The average molecular weight is 327 g/mol. The number of hydrogen-bond donors (Lipinski definition) is 2. The van der Waals surface area contributed by atoms with Gasteiger partial charge in [-0.25, -0.2) is 21.9 Å². The molecular weight excluding hydrogens is 310 g/mol. The highest BCUT2D eigenvalue weighted by Crippen LogP contribution is 2.17. The SMILES string of the molecule is CC1CNCCC1NS(=O)(=O)c1ccc(F)c(F)c1.Cl. The second-order valence-corrected chi connectivity index (χ2v) is 6.49. The fraction of sp³-hybridized carbons (Fsp3) is 0.500. The van der Waals surface area contributed by atoms with Crippen LogP contribution in [0.25, 0.3) is 0 Å². The van der Waals surface area contributed by atoms with Gasteiger partial charge in [0.1, 0.15) is 0 Å². The summed E-state index contributed by atoms with van der Waals surface area (Å²) in [5, 5.41) is 3.16. The van der Waals surface area contributed by atoms with Crippen molar-refractivity contribution in [2.75, 3.05) is 13.1 Å². The molecule has 0 aromatic heterocycles. The van der Waals surface area contributed by atoms with Crippen LogP contribution < -0.4 is 10.0 Å². The largest absolute Gasteiger partial charge is 0.316 e. The van der Waals surface area contributed by atoms with Crippen molar-refractivity contribution in [2.24, 2.45) is 5.92 Å². The van der Waals surface area contributed by atoms with Crippen LogP contribution in [0.3, 0.4) is 0 Å². The first-order chi connectivity index (χ1) is 8.90. The highest BCUT2D eigenvalue weighted by molar-refractivity contribution is 7.89. The lowest BCUT2D eigenvalue weighted by atomic mass is 9.97. The Morgan fingerprint density at radius 3 is 2.60 bits per heavy atom. The molecule has 1 aliphatic rings. The molecule has 4 nitrogen and oxygen atoms in total. The van der Waals surface area contributed by atoms with E-state index in [9.17, 15) is 17.2 Å². The van der Waals surface area contributed by atoms with Crippen molar-refractivity contribution in [1.29, 1.82) is 0 Å². The lowest BCUT2D eigenvalue weighted by Crippen LogP contribution is -2.48. The predicted molar refractivity (Wildman–Crippen MR) is 74.4 cm³/mol. The number of hydrogen-bond acceptors (Lipinski definition) is 3. The molecule has 1 aromatic rings. The van der Waals surface area contributed by atoms with Gasteiger partial charge in [-0.2, -0.15) is 0 Å². The molecule has 20 heavy (non-hydrogen) atoms. The zero-order valence-electron chi connectivity index (χ0n) is 10.9. The van der Waals surface area contributed by atoms with Gasteiger partial charge in [-0.15, -0.1) is 12.4 Å². The standard InChI is InChI=1S/C12H16F2N2O2S.ClH/c1-8-7-15-5-4-12(8)16-19(17,18)9-2-3-10(13)11(14)6-9;/h2-3,6,8,12,15-16H,4-5,7H2,1H3;1H. The maximum absolute atomic E-state index is 13.1. The monoisotopic (exact) mass is 326 g/mol. The molecule has 1 saturated heterocycles. The van der Waals surface area contributed by atoms with E-state index in [0.717, 1.165) is 25.2 Å². The molecule has 1 fully saturated rings. The van der Waals surface area contributed by atoms with Crippen LogP contribution in [0.4, 0.5) is 8.78 Å². The maximum Gasteiger partial charge on any atom is 0.240 e. The van der Waals surface area contributed by atoms with Crippen molar-refractivity contribution < 1.29 is 17.2 Å². The Balaban J connectivity index is 0.00000200. The first-order valence-corrected chi connectivity index (χ1v) is 7.56. The van der Waals surface area contributed by atoms with Gasteiger partial charge in [0, 0.05) is 6.04 Å². The van der Waals surface area contributed by atoms with Gasteiger partial charge in [0.2, 0.25) is 10.0 Å². The van der Waals surface area contributed by atoms with E-state index < -0.39 is 21.7 Å². The Labute approximate surface area is 123 Å². The van der Waals surface area contributed by atoms with Crippen LogP contribution in [0.5, 0.6) is 0 Å². The number of benzene rings is 1. The summed E-state index contributed by atoms with van der Waals surface area (Å²) in [4.78, 5) is -0.253. The van der Waals surface area contributed by atoms with Crippen LogP contribution >= 0.6 is 12.4 Å². The quantitative estimate of drug-likeness (QED) is 0.888. The van der Waals surface area contributed by atoms with E-state index in [1.807, 2.05) is 6.92 Å². The van der Waals surface area contributed by atoms with Crippen LogP contribution in [-0.4, -0.2) is 27.5 Å². The molecule has 0 bridgehead atoms. The van der Waals surface area contributed by atoms with E-state index in [2.05, 4.69) is 10.0 Å². The minimum absolute atomic E-state index is 0.